The first kappa shape index (κ1) is 17.8. The third kappa shape index (κ3) is 4.52. The second-order valence-corrected chi connectivity index (χ2v) is 6.63. The third-order valence-electron chi connectivity index (χ3n) is 4.57. The van der Waals surface area contributed by atoms with Crippen LogP contribution in [0.1, 0.15) is 30.4 Å². The van der Waals surface area contributed by atoms with E-state index in [1.165, 1.54) is 24.9 Å². The van der Waals surface area contributed by atoms with Crippen LogP contribution in [-0.4, -0.2) is 19.0 Å². The molecule has 1 N–H and O–H groups in total. The third-order valence-corrected chi connectivity index (χ3v) is 4.57. The molecule has 1 amide bonds. The van der Waals surface area contributed by atoms with Crippen molar-refractivity contribution in [2.24, 2.45) is 0 Å². The number of carbonyl (C=O) groups excluding carboxylic acids is 1. The van der Waals surface area contributed by atoms with Crippen LogP contribution in [0, 0.1) is 18.3 Å². The van der Waals surface area contributed by atoms with Crippen LogP contribution in [-0.2, 0) is 4.79 Å². The highest BCUT2D eigenvalue weighted by molar-refractivity contribution is 6.09. The summed E-state index contributed by atoms with van der Waals surface area (Å²) in [6.07, 6.45) is 5.41. The molecule has 132 valence electrons. The second-order valence-electron chi connectivity index (χ2n) is 6.63. The SMILES string of the molecule is Cc1cccc(NC(=O)/C(C#N)=C\c2ccc(N3CCCCC3)cc2)c1. The molecule has 4 heteroatoms. The Bertz CT molecular complexity index is 840. The summed E-state index contributed by atoms with van der Waals surface area (Å²) in [5.41, 5.74) is 3.89. The van der Waals surface area contributed by atoms with Crippen molar-refractivity contribution in [1.29, 1.82) is 5.26 Å². The molecule has 26 heavy (non-hydrogen) atoms. The number of hydrogen-bond acceptors (Lipinski definition) is 3. The first-order valence-corrected chi connectivity index (χ1v) is 9.00. The van der Waals surface area contributed by atoms with Gasteiger partial charge in [0.15, 0.2) is 0 Å². The van der Waals surface area contributed by atoms with Crippen LogP contribution in [0.25, 0.3) is 6.08 Å². The Morgan fingerprint density at radius 2 is 1.85 bits per heavy atom. The van der Waals surface area contributed by atoms with E-state index in [9.17, 15) is 10.1 Å². The summed E-state index contributed by atoms with van der Waals surface area (Å²) < 4.78 is 0. The topological polar surface area (TPSA) is 56.1 Å². The maximum absolute atomic E-state index is 12.4. The lowest BCUT2D eigenvalue weighted by molar-refractivity contribution is -0.112. The van der Waals surface area contributed by atoms with Crippen molar-refractivity contribution in [2.75, 3.05) is 23.3 Å². The lowest BCUT2D eigenvalue weighted by Gasteiger charge is -2.28. The number of hydrogen-bond donors (Lipinski definition) is 1. The second kappa shape index (κ2) is 8.35. The number of nitrogens with one attached hydrogen (secondary N) is 1. The highest BCUT2D eigenvalue weighted by Gasteiger charge is 2.12. The van der Waals surface area contributed by atoms with E-state index in [1.54, 1.807) is 6.08 Å². The maximum Gasteiger partial charge on any atom is 0.266 e. The molecule has 1 aliphatic heterocycles. The fraction of sp³-hybridized carbons (Fsp3) is 0.273. The molecular formula is C22H23N3O. The molecule has 0 atom stereocenters. The summed E-state index contributed by atoms with van der Waals surface area (Å²) in [5, 5.41) is 12.1. The van der Waals surface area contributed by atoms with Gasteiger partial charge in [0.25, 0.3) is 5.91 Å². The minimum Gasteiger partial charge on any atom is -0.372 e. The van der Waals surface area contributed by atoms with Crippen LogP contribution in [0.3, 0.4) is 0 Å². The van der Waals surface area contributed by atoms with Gasteiger partial charge in [-0.2, -0.15) is 5.26 Å². The highest BCUT2D eigenvalue weighted by atomic mass is 16.1. The van der Waals surface area contributed by atoms with Crippen molar-refractivity contribution < 1.29 is 4.79 Å². The van der Waals surface area contributed by atoms with Crippen LogP contribution in [0.15, 0.2) is 54.1 Å². The Morgan fingerprint density at radius 1 is 1.12 bits per heavy atom. The van der Waals surface area contributed by atoms with Gasteiger partial charge in [0.1, 0.15) is 11.6 Å². The smallest absolute Gasteiger partial charge is 0.266 e. The summed E-state index contributed by atoms with van der Waals surface area (Å²) in [5.74, 6) is -0.391. The van der Waals surface area contributed by atoms with E-state index < -0.39 is 5.91 Å². The van der Waals surface area contributed by atoms with Crippen LogP contribution < -0.4 is 10.2 Å². The fourth-order valence-electron chi connectivity index (χ4n) is 3.17. The van der Waals surface area contributed by atoms with E-state index in [1.807, 2.05) is 49.4 Å². The predicted molar refractivity (Wildman–Crippen MR) is 106 cm³/mol. The average Bonchev–Trinajstić information content (AvgIpc) is 2.67. The fourth-order valence-corrected chi connectivity index (χ4v) is 3.17. The van der Waals surface area contributed by atoms with Crippen LogP contribution >= 0.6 is 0 Å². The van der Waals surface area contributed by atoms with Crippen LogP contribution in [0.2, 0.25) is 0 Å². The molecule has 0 spiro atoms. The molecule has 1 aliphatic rings. The number of rotatable bonds is 4. The van der Waals surface area contributed by atoms with Gasteiger partial charge in [-0.15, -0.1) is 0 Å². The van der Waals surface area contributed by atoms with Crippen molar-refractivity contribution >= 4 is 23.4 Å². The molecule has 2 aromatic rings. The number of benzene rings is 2. The minimum atomic E-state index is -0.391. The van der Waals surface area contributed by atoms with E-state index in [-0.39, 0.29) is 5.57 Å². The van der Waals surface area contributed by atoms with Crippen molar-refractivity contribution in [3.8, 4) is 6.07 Å². The van der Waals surface area contributed by atoms with Gasteiger partial charge >= 0.3 is 0 Å². The van der Waals surface area contributed by atoms with Gasteiger partial charge in [-0.05, 0) is 67.7 Å². The largest absolute Gasteiger partial charge is 0.372 e. The van der Waals surface area contributed by atoms with E-state index in [4.69, 9.17) is 0 Å². The predicted octanol–water partition coefficient (Wildman–Crippen LogP) is 4.53. The van der Waals surface area contributed by atoms with Gasteiger partial charge in [0.2, 0.25) is 0 Å². The summed E-state index contributed by atoms with van der Waals surface area (Å²) in [6, 6.07) is 17.6. The number of aryl methyl sites for hydroxylation is 1. The molecule has 0 saturated carbocycles. The Kier molecular flexibility index (Phi) is 5.70. The van der Waals surface area contributed by atoms with E-state index in [0.717, 1.165) is 24.2 Å². The Morgan fingerprint density at radius 3 is 2.50 bits per heavy atom. The van der Waals surface area contributed by atoms with Gasteiger partial charge in [-0.25, -0.2) is 0 Å². The standard InChI is InChI=1S/C22H23N3O/c1-17-6-5-7-20(14-17)24-22(26)19(16-23)15-18-8-10-21(11-9-18)25-12-3-2-4-13-25/h5-11,14-15H,2-4,12-13H2,1H3,(H,24,26)/b19-15-. The van der Waals surface area contributed by atoms with Gasteiger partial charge in [0, 0.05) is 24.5 Å². The quantitative estimate of drug-likeness (QED) is 0.654. The maximum atomic E-state index is 12.4. The Balaban J connectivity index is 1.71. The summed E-state index contributed by atoms with van der Waals surface area (Å²) in [7, 11) is 0. The van der Waals surface area contributed by atoms with Crippen molar-refractivity contribution in [3.63, 3.8) is 0 Å². The average molecular weight is 345 g/mol. The normalized spacial score (nSPS) is 14.6. The molecular weight excluding hydrogens is 322 g/mol. The molecule has 3 rings (SSSR count). The molecule has 0 bridgehead atoms. The number of nitrogens with zero attached hydrogens (tertiary/aromatic N) is 2. The minimum absolute atomic E-state index is 0.0947. The van der Waals surface area contributed by atoms with E-state index >= 15 is 0 Å². The van der Waals surface area contributed by atoms with E-state index in [0.29, 0.717) is 5.69 Å². The molecule has 4 nitrogen and oxygen atoms in total. The number of amides is 1. The van der Waals surface area contributed by atoms with Gasteiger partial charge < -0.3 is 10.2 Å². The van der Waals surface area contributed by atoms with Crippen molar-refractivity contribution in [1.82, 2.24) is 0 Å². The number of nitriles is 1. The lowest BCUT2D eigenvalue weighted by Crippen LogP contribution is -2.29. The Hall–Kier alpha value is -3.06. The number of carbonyl (C=O) groups is 1. The molecule has 2 aromatic carbocycles. The monoisotopic (exact) mass is 345 g/mol. The molecule has 0 aromatic heterocycles. The van der Waals surface area contributed by atoms with Crippen LogP contribution in [0.5, 0.6) is 0 Å². The van der Waals surface area contributed by atoms with Gasteiger partial charge in [0.05, 0.1) is 0 Å². The van der Waals surface area contributed by atoms with Gasteiger partial charge in [-0.3, -0.25) is 4.79 Å². The van der Waals surface area contributed by atoms with Crippen LogP contribution in [0.4, 0.5) is 11.4 Å². The summed E-state index contributed by atoms with van der Waals surface area (Å²) >= 11 is 0. The molecule has 1 heterocycles. The molecule has 0 unspecified atom stereocenters. The summed E-state index contributed by atoms with van der Waals surface area (Å²) in [4.78, 5) is 14.7. The zero-order valence-corrected chi connectivity index (χ0v) is 15.0. The summed E-state index contributed by atoms with van der Waals surface area (Å²) in [6.45, 7) is 4.15. The highest BCUT2D eigenvalue weighted by Crippen LogP contribution is 2.21. The molecule has 0 radical (unpaired) electrons. The Labute approximate surface area is 154 Å². The van der Waals surface area contributed by atoms with E-state index in [2.05, 4.69) is 22.3 Å². The van der Waals surface area contributed by atoms with Crippen molar-refractivity contribution in [3.05, 3.63) is 65.2 Å². The number of anilines is 2. The van der Waals surface area contributed by atoms with Crippen molar-refractivity contribution in [2.45, 2.75) is 26.2 Å². The molecule has 1 saturated heterocycles. The first-order valence-electron chi connectivity index (χ1n) is 9.00. The number of piperidine rings is 1. The van der Waals surface area contributed by atoms with Gasteiger partial charge in [-0.1, -0.05) is 24.3 Å². The zero-order chi connectivity index (χ0) is 18.4. The lowest BCUT2D eigenvalue weighted by atomic mass is 10.1. The molecule has 0 aliphatic carbocycles. The zero-order valence-electron chi connectivity index (χ0n) is 15.0. The first-order chi connectivity index (χ1) is 12.7. The molecule has 1 fully saturated rings.